The Bertz CT molecular complexity index is 323. The van der Waals surface area contributed by atoms with E-state index in [1.165, 1.54) is 17.3 Å². The lowest BCUT2D eigenvalue weighted by molar-refractivity contribution is 0.969. The zero-order valence-corrected chi connectivity index (χ0v) is 9.05. The van der Waals surface area contributed by atoms with E-state index in [1.54, 1.807) is 0 Å². The molecule has 1 rings (SSSR count). The maximum Gasteiger partial charge on any atom is 0.158 e. The molecule has 0 aromatic heterocycles. The number of hydrogen-bond donors (Lipinski definition) is 2. The molecule has 0 spiro atoms. The third kappa shape index (κ3) is 3.40. The molecule has 4 N–H and O–H groups in total. The molecule has 4 heteroatoms. The number of nitrogens with zero attached hydrogens (tertiary/aromatic N) is 1. The van der Waals surface area contributed by atoms with Crippen LogP contribution in [0.3, 0.4) is 0 Å². The zero-order valence-electron chi connectivity index (χ0n) is 8.23. The summed E-state index contributed by atoms with van der Waals surface area (Å²) in [6, 6.07) is 7.96. The molecule has 0 radical (unpaired) electrons. The van der Waals surface area contributed by atoms with Crippen molar-refractivity contribution in [2.75, 3.05) is 12.8 Å². The van der Waals surface area contributed by atoms with Gasteiger partial charge in [0.1, 0.15) is 0 Å². The second-order valence-electron chi connectivity index (χ2n) is 2.86. The van der Waals surface area contributed by atoms with Crippen LogP contribution in [0.4, 0.5) is 5.69 Å². The molecule has 0 fully saturated rings. The van der Waals surface area contributed by atoms with Crippen molar-refractivity contribution in [2.24, 2.45) is 16.5 Å². The van der Waals surface area contributed by atoms with Crippen molar-refractivity contribution in [3.05, 3.63) is 29.8 Å². The molecular weight excluding hydrogens is 194 g/mol. The van der Waals surface area contributed by atoms with E-state index in [0.29, 0.717) is 11.7 Å². The van der Waals surface area contributed by atoms with E-state index in [-0.39, 0.29) is 0 Å². The van der Waals surface area contributed by atoms with Gasteiger partial charge in [-0.15, -0.1) is 0 Å². The molecule has 0 aliphatic heterocycles. The van der Waals surface area contributed by atoms with E-state index in [1.807, 2.05) is 30.5 Å². The van der Waals surface area contributed by atoms with Crippen molar-refractivity contribution in [1.82, 2.24) is 0 Å². The van der Waals surface area contributed by atoms with Crippen LogP contribution in [0.2, 0.25) is 0 Å². The molecule has 0 saturated heterocycles. The minimum Gasteiger partial charge on any atom is -0.378 e. The van der Waals surface area contributed by atoms with Gasteiger partial charge in [-0.25, -0.2) is 4.99 Å². The number of rotatable bonds is 3. The third-order valence-electron chi connectivity index (χ3n) is 1.79. The fourth-order valence-electron chi connectivity index (χ4n) is 1.12. The number of benzene rings is 1. The molecule has 0 aliphatic carbocycles. The lowest BCUT2D eigenvalue weighted by atomic mass is 10.1. The van der Waals surface area contributed by atoms with Gasteiger partial charge in [0.15, 0.2) is 5.17 Å². The molecule has 14 heavy (non-hydrogen) atoms. The SMILES string of the molecule is CSC(N)=Nc1cccc(CCN)c1. The summed E-state index contributed by atoms with van der Waals surface area (Å²) < 4.78 is 0. The van der Waals surface area contributed by atoms with Crippen molar-refractivity contribution in [2.45, 2.75) is 6.42 Å². The summed E-state index contributed by atoms with van der Waals surface area (Å²) in [6.07, 6.45) is 2.78. The number of amidine groups is 1. The van der Waals surface area contributed by atoms with Gasteiger partial charge < -0.3 is 11.5 Å². The normalized spacial score (nSPS) is 11.7. The first-order valence-corrected chi connectivity index (χ1v) is 5.66. The van der Waals surface area contributed by atoms with Gasteiger partial charge in [-0.1, -0.05) is 23.9 Å². The van der Waals surface area contributed by atoms with Crippen molar-refractivity contribution in [1.29, 1.82) is 0 Å². The van der Waals surface area contributed by atoms with Crippen LogP contribution in [-0.2, 0) is 6.42 Å². The molecule has 1 aromatic rings. The summed E-state index contributed by atoms with van der Waals surface area (Å²) >= 11 is 1.44. The Morgan fingerprint density at radius 1 is 1.50 bits per heavy atom. The van der Waals surface area contributed by atoms with Crippen molar-refractivity contribution >= 4 is 22.6 Å². The van der Waals surface area contributed by atoms with Crippen LogP contribution in [0.15, 0.2) is 29.3 Å². The highest BCUT2D eigenvalue weighted by Gasteiger charge is 1.94. The summed E-state index contributed by atoms with van der Waals surface area (Å²) in [6.45, 7) is 0.658. The molecular formula is C10H15N3S. The average molecular weight is 209 g/mol. The summed E-state index contributed by atoms with van der Waals surface area (Å²) in [5, 5.41) is 0.579. The molecule has 76 valence electrons. The van der Waals surface area contributed by atoms with Crippen LogP contribution >= 0.6 is 11.8 Å². The van der Waals surface area contributed by atoms with Gasteiger partial charge in [0.2, 0.25) is 0 Å². The lowest BCUT2D eigenvalue weighted by Gasteiger charge is -2.00. The fourth-order valence-corrected chi connectivity index (χ4v) is 1.32. The van der Waals surface area contributed by atoms with E-state index >= 15 is 0 Å². The Labute approximate surface area is 88.6 Å². The van der Waals surface area contributed by atoms with E-state index in [2.05, 4.69) is 4.99 Å². The molecule has 0 atom stereocenters. The Morgan fingerprint density at radius 3 is 2.93 bits per heavy atom. The highest BCUT2D eigenvalue weighted by molar-refractivity contribution is 8.13. The fraction of sp³-hybridized carbons (Fsp3) is 0.300. The largest absolute Gasteiger partial charge is 0.378 e. The molecule has 0 bridgehead atoms. The van der Waals surface area contributed by atoms with Crippen LogP contribution in [0.25, 0.3) is 0 Å². The molecule has 0 aliphatic rings. The van der Waals surface area contributed by atoms with Gasteiger partial charge in [0.25, 0.3) is 0 Å². The zero-order chi connectivity index (χ0) is 10.4. The van der Waals surface area contributed by atoms with Crippen LogP contribution in [-0.4, -0.2) is 18.0 Å². The van der Waals surface area contributed by atoms with Crippen LogP contribution in [0.1, 0.15) is 5.56 Å². The van der Waals surface area contributed by atoms with Gasteiger partial charge in [-0.2, -0.15) is 0 Å². The number of thioether (sulfide) groups is 1. The maximum atomic E-state index is 5.62. The van der Waals surface area contributed by atoms with Gasteiger partial charge in [-0.05, 0) is 36.9 Å². The average Bonchev–Trinajstić information content (AvgIpc) is 2.19. The van der Waals surface area contributed by atoms with E-state index in [9.17, 15) is 0 Å². The Morgan fingerprint density at radius 2 is 2.29 bits per heavy atom. The van der Waals surface area contributed by atoms with E-state index < -0.39 is 0 Å². The third-order valence-corrected chi connectivity index (χ3v) is 2.30. The lowest BCUT2D eigenvalue weighted by Crippen LogP contribution is -2.04. The summed E-state index contributed by atoms with van der Waals surface area (Å²) in [4.78, 5) is 4.24. The minimum atomic E-state index is 0.579. The Hall–Kier alpha value is -1.00. The summed E-state index contributed by atoms with van der Waals surface area (Å²) in [5.74, 6) is 0. The van der Waals surface area contributed by atoms with Gasteiger partial charge in [0, 0.05) is 0 Å². The number of hydrogen-bond acceptors (Lipinski definition) is 3. The smallest absolute Gasteiger partial charge is 0.158 e. The molecule has 0 amide bonds. The standard InChI is InChI=1S/C10H15N3S/c1-14-10(12)13-9-4-2-3-8(7-9)5-6-11/h2-4,7H,5-6,11H2,1H3,(H2,12,13). The van der Waals surface area contributed by atoms with Gasteiger partial charge >= 0.3 is 0 Å². The van der Waals surface area contributed by atoms with Crippen LogP contribution in [0.5, 0.6) is 0 Å². The molecule has 0 saturated carbocycles. The van der Waals surface area contributed by atoms with Crippen molar-refractivity contribution in [3.63, 3.8) is 0 Å². The number of aliphatic imine (C=N–C) groups is 1. The quantitative estimate of drug-likeness (QED) is 0.585. The molecule has 1 aromatic carbocycles. The number of nitrogens with two attached hydrogens (primary N) is 2. The van der Waals surface area contributed by atoms with Crippen LogP contribution in [0, 0.1) is 0 Å². The maximum absolute atomic E-state index is 5.62. The Balaban J connectivity index is 2.83. The van der Waals surface area contributed by atoms with Crippen molar-refractivity contribution in [3.8, 4) is 0 Å². The first kappa shape index (κ1) is 11.1. The van der Waals surface area contributed by atoms with E-state index in [0.717, 1.165) is 12.1 Å². The summed E-state index contributed by atoms with van der Waals surface area (Å²) in [5.41, 5.74) is 13.2. The monoisotopic (exact) mass is 209 g/mol. The van der Waals surface area contributed by atoms with Crippen LogP contribution < -0.4 is 11.5 Å². The van der Waals surface area contributed by atoms with Gasteiger partial charge in [-0.3, -0.25) is 0 Å². The highest BCUT2D eigenvalue weighted by atomic mass is 32.2. The van der Waals surface area contributed by atoms with Crippen molar-refractivity contribution < 1.29 is 0 Å². The Kier molecular flexibility index (Phi) is 4.49. The predicted molar refractivity (Wildman–Crippen MR) is 64.0 cm³/mol. The predicted octanol–water partition coefficient (Wildman–Crippen LogP) is 1.50. The summed E-state index contributed by atoms with van der Waals surface area (Å²) in [7, 11) is 0. The molecule has 0 heterocycles. The highest BCUT2D eigenvalue weighted by Crippen LogP contribution is 2.15. The first-order chi connectivity index (χ1) is 6.76. The van der Waals surface area contributed by atoms with Gasteiger partial charge in [0.05, 0.1) is 5.69 Å². The van der Waals surface area contributed by atoms with E-state index in [4.69, 9.17) is 11.5 Å². The first-order valence-electron chi connectivity index (χ1n) is 4.43. The molecule has 3 nitrogen and oxygen atoms in total. The topological polar surface area (TPSA) is 64.4 Å². The second kappa shape index (κ2) is 5.67. The molecule has 0 unspecified atom stereocenters. The second-order valence-corrected chi connectivity index (χ2v) is 3.69. The minimum absolute atomic E-state index is 0.579.